The topological polar surface area (TPSA) is 58.3 Å². The number of benzene rings is 2. The Balaban J connectivity index is 1.37. The Morgan fingerprint density at radius 2 is 1.94 bits per heavy atom. The van der Waals surface area contributed by atoms with Gasteiger partial charge in [0.2, 0.25) is 0 Å². The van der Waals surface area contributed by atoms with Crippen LogP contribution in [0.4, 0.5) is 10.2 Å². The quantitative estimate of drug-likeness (QED) is 0.492. The molecule has 1 aliphatic rings. The van der Waals surface area contributed by atoms with Gasteiger partial charge < -0.3 is 5.32 Å². The number of anilines is 1. The largest absolute Gasteiger partial charge is 0.368 e. The molecular formula is C23H22ClFN6. The van der Waals surface area contributed by atoms with Crippen LogP contribution in [0.1, 0.15) is 18.0 Å². The number of fused-ring (bicyclic) bond motifs is 1. The van der Waals surface area contributed by atoms with E-state index < -0.39 is 0 Å². The van der Waals surface area contributed by atoms with Crippen molar-refractivity contribution >= 4 is 23.1 Å². The average molecular weight is 437 g/mol. The lowest BCUT2D eigenvalue weighted by Gasteiger charge is -2.26. The molecule has 0 spiro atoms. The predicted octanol–water partition coefficient (Wildman–Crippen LogP) is 4.69. The summed E-state index contributed by atoms with van der Waals surface area (Å²) in [7, 11) is 2.07. The summed E-state index contributed by atoms with van der Waals surface area (Å²) in [5.74, 6) is 1.39. The SMILES string of the molecule is CN1CCC(CNc2ccc3nnc(-c4ccccc4)n3n2)C1c1ccc(Cl)c(F)c1. The number of likely N-dealkylation sites (tertiary alicyclic amines) is 1. The van der Waals surface area contributed by atoms with E-state index in [0.717, 1.165) is 36.5 Å². The van der Waals surface area contributed by atoms with Crippen LogP contribution < -0.4 is 5.32 Å². The molecule has 158 valence electrons. The van der Waals surface area contributed by atoms with Gasteiger partial charge in [-0.2, -0.15) is 4.52 Å². The summed E-state index contributed by atoms with van der Waals surface area (Å²) in [5, 5.41) is 16.8. The predicted molar refractivity (Wildman–Crippen MR) is 120 cm³/mol. The molecule has 1 fully saturated rings. The van der Waals surface area contributed by atoms with E-state index in [4.69, 9.17) is 16.7 Å². The third kappa shape index (κ3) is 3.86. The molecule has 2 atom stereocenters. The van der Waals surface area contributed by atoms with Gasteiger partial charge >= 0.3 is 0 Å². The highest BCUT2D eigenvalue weighted by Gasteiger charge is 2.33. The lowest BCUT2D eigenvalue weighted by atomic mass is 9.93. The summed E-state index contributed by atoms with van der Waals surface area (Å²) in [6, 6.07) is 18.9. The maximum Gasteiger partial charge on any atom is 0.185 e. The van der Waals surface area contributed by atoms with Crippen molar-refractivity contribution in [2.24, 2.45) is 5.92 Å². The van der Waals surface area contributed by atoms with Crippen LogP contribution in [0.5, 0.6) is 0 Å². The lowest BCUT2D eigenvalue weighted by molar-refractivity contribution is 0.281. The van der Waals surface area contributed by atoms with Crippen molar-refractivity contribution in [2.75, 3.05) is 25.5 Å². The molecular weight excluding hydrogens is 415 g/mol. The molecule has 2 aromatic carbocycles. The lowest BCUT2D eigenvalue weighted by Crippen LogP contribution is -2.25. The van der Waals surface area contributed by atoms with Crippen molar-refractivity contribution in [1.82, 2.24) is 24.7 Å². The maximum atomic E-state index is 14.0. The Kier molecular flexibility index (Phi) is 5.29. The first kappa shape index (κ1) is 19.9. The van der Waals surface area contributed by atoms with Crippen molar-refractivity contribution in [3.05, 3.63) is 77.1 Å². The minimum absolute atomic E-state index is 0.123. The van der Waals surface area contributed by atoms with Crippen LogP contribution >= 0.6 is 11.6 Å². The Bertz CT molecular complexity index is 1210. The van der Waals surface area contributed by atoms with Crippen LogP contribution in [0.25, 0.3) is 17.0 Å². The van der Waals surface area contributed by atoms with Crippen LogP contribution in [0.3, 0.4) is 0 Å². The fourth-order valence-corrected chi connectivity index (χ4v) is 4.47. The fourth-order valence-electron chi connectivity index (χ4n) is 4.35. The second-order valence-corrected chi connectivity index (χ2v) is 8.31. The smallest absolute Gasteiger partial charge is 0.185 e. The van der Waals surface area contributed by atoms with Crippen LogP contribution in [0.15, 0.2) is 60.7 Å². The van der Waals surface area contributed by atoms with E-state index >= 15 is 0 Å². The highest BCUT2D eigenvalue weighted by molar-refractivity contribution is 6.30. The van der Waals surface area contributed by atoms with Gasteiger partial charge in [-0.15, -0.1) is 15.3 Å². The van der Waals surface area contributed by atoms with Crippen LogP contribution in [0, 0.1) is 11.7 Å². The second-order valence-electron chi connectivity index (χ2n) is 7.91. The van der Waals surface area contributed by atoms with Gasteiger partial charge in [-0.1, -0.05) is 48.0 Å². The molecule has 0 bridgehead atoms. The number of hydrogen-bond acceptors (Lipinski definition) is 5. The number of aromatic nitrogens is 4. The first-order valence-corrected chi connectivity index (χ1v) is 10.6. The molecule has 2 aromatic heterocycles. The number of halogens is 2. The zero-order valence-corrected chi connectivity index (χ0v) is 17.8. The van der Waals surface area contributed by atoms with E-state index in [1.807, 2.05) is 48.5 Å². The summed E-state index contributed by atoms with van der Waals surface area (Å²) in [6.45, 7) is 1.68. The maximum absolute atomic E-state index is 14.0. The van der Waals surface area contributed by atoms with Gasteiger partial charge in [0, 0.05) is 18.2 Å². The Hall–Kier alpha value is -3.03. The van der Waals surface area contributed by atoms with Gasteiger partial charge in [0.1, 0.15) is 11.6 Å². The van der Waals surface area contributed by atoms with Crippen molar-refractivity contribution in [2.45, 2.75) is 12.5 Å². The summed E-state index contributed by atoms with van der Waals surface area (Å²) in [5.41, 5.74) is 2.60. The summed E-state index contributed by atoms with van der Waals surface area (Å²) in [4.78, 5) is 2.26. The summed E-state index contributed by atoms with van der Waals surface area (Å²) < 4.78 is 15.8. The molecule has 5 rings (SSSR count). The Morgan fingerprint density at radius 3 is 2.74 bits per heavy atom. The number of hydrogen-bond donors (Lipinski definition) is 1. The molecule has 6 nitrogen and oxygen atoms in total. The molecule has 0 amide bonds. The van der Waals surface area contributed by atoms with Crippen molar-refractivity contribution in [1.29, 1.82) is 0 Å². The average Bonchev–Trinajstić information content (AvgIpc) is 3.38. The van der Waals surface area contributed by atoms with Crippen LogP contribution in [-0.2, 0) is 0 Å². The van der Waals surface area contributed by atoms with Crippen molar-refractivity contribution in [3.63, 3.8) is 0 Å². The molecule has 3 heterocycles. The molecule has 1 aliphatic heterocycles. The summed E-state index contributed by atoms with van der Waals surface area (Å²) in [6.07, 6.45) is 1.02. The summed E-state index contributed by atoms with van der Waals surface area (Å²) >= 11 is 5.87. The van der Waals surface area contributed by atoms with Crippen molar-refractivity contribution < 1.29 is 4.39 Å². The third-order valence-electron chi connectivity index (χ3n) is 5.90. The highest BCUT2D eigenvalue weighted by atomic mass is 35.5. The standard InChI is InChI=1S/C23H22ClFN6/c1-30-12-11-17(22(30)16-7-8-18(24)19(25)13-16)14-26-20-9-10-21-27-28-23(31(21)29-20)15-5-3-2-4-6-15/h2-10,13,17,22H,11-12,14H2,1H3,(H,26,29). The Morgan fingerprint density at radius 1 is 1.10 bits per heavy atom. The molecule has 4 aromatic rings. The monoisotopic (exact) mass is 436 g/mol. The normalized spacial score (nSPS) is 19.2. The minimum Gasteiger partial charge on any atom is -0.368 e. The van der Waals surface area contributed by atoms with Crippen LogP contribution in [-0.4, -0.2) is 44.8 Å². The molecule has 1 N–H and O–H groups in total. The van der Waals surface area contributed by atoms with E-state index in [-0.39, 0.29) is 16.9 Å². The first-order valence-electron chi connectivity index (χ1n) is 10.3. The van der Waals surface area contributed by atoms with E-state index in [1.165, 1.54) is 0 Å². The molecule has 2 unspecified atom stereocenters. The van der Waals surface area contributed by atoms with Gasteiger partial charge in [-0.3, -0.25) is 4.90 Å². The second kappa shape index (κ2) is 8.24. The van der Waals surface area contributed by atoms with Gasteiger partial charge in [-0.05, 0) is 55.8 Å². The highest BCUT2D eigenvalue weighted by Crippen LogP contribution is 2.37. The fraction of sp³-hybridized carbons (Fsp3) is 0.261. The number of nitrogens with zero attached hydrogens (tertiary/aromatic N) is 5. The molecule has 31 heavy (non-hydrogen) atoms. The van der Waals surface area contributed by atoms with Gasteiger partial charge in [0.25, 0.3) is 0 Å². The van der Waals surface area contributed by atoms with Gasteiger partial charge in [-0.25, -0.2) is 4.39 Å². The van der Waals surface area contributed by atoms with Gasteiger partial charge in [0.05, 0.1) is 5.02 Å². The first-order chi connectivity index (χ1) is 15.1. The van der Waals surface area contributed by atoms with Crippen molar-refractivity contribution in [3.8, 4) is 11.4 Å². The zero-order chi connectivity index (χ0) is 21.4. The Labute approximate surface area is 184 Å². The van der Waals surface area contributed by atoms with E-state index in [1.54, 1.807) is 16.6 Å². The molecule has 0 aliphatic carbocycles. The van der Waals surface area contributed by atoms with Gasteiger partial charge in [0.15, 0.2) is 11.5 Å². The molecule has 0 radical (unpaired) electrons. The third-order valence-corrected chi connectivity index (χ3v) is 6.21. The number of nitrogens with one attached hydrogen (secondary N) is 1. The van der Waals surface area contributed by atoms with Crippen LogP contribution in [0.2, 0.25) is 5.02 Å². The molecule has 0 saturated carbocycles. The minimum atomic E-state index is -0.376. The van der Waals surface area contributed by atoms with E-state index in [9.17, 15) is 4.39 Å². The molecule has 1 saturated heterocycles. The van der Waals surface area contributed by atoms with E-state index in [2.05, 4.69) is 27.5 Å². The number of rotatable bonds is 5. The zero-order valence-electron chi connectivity index (χ0n) is 17.0. The van der Waals surface area contributed by atoms with E-state index in [0.29, 0.717) is 17.4 Å². The molecule has 8 heteroatoms.